The minimum atomic E-state index is -4.23. The van der Waals surface area contributed by atoms with Crippen molar-refractivity contribution in [3.05, 3.63) is 99.1 Å². The summed E-state index contributed by atoms with van der Waals surface area (Å²) in [6, 6.07) is 16.1. The van der Waals surface area contributed by atoms with Crippen LogP contribution in [0.1, 0.15) is 67.9 Å². The molecule has 8 heteroatoms. The number of carbonyl (C=O) groups excluding carboxylic acids is 2. The second-order valence-electron chi connectivity index (χ2n) is 9.32. The monoisotopic (exact) mass is 598 g/mol. The fourth-order valence-electron chi connectivity index (χ4n) is 4.60. The van der Waals surface area contributed by atoms with E-state index in [9.17, 15) is 14.2 Å². The van der Waals surface area contributed by atoms with Crippen molar-refractivity contribution < 1.29 is 14.2 Å². The zero-order valence-electron chi connectivity index (χ0n) is 22.4. The first-order valence-electron chi connectivity index (χ1n) is 12.1. The van der Waals surface area contributed by atoms with Crippen LogP contribution in [-0.2, 0) is 16.1 Å². The highest BCUT2D eigenvalue weighted by molar-refractivity contribution is 8.22. The molecular formula is C30H31O3PS4. The summed E-state index contributed by atoms with van der Waals surface area (Å²) in [5.41, 5.74) is 4.31. The second kappa shape index (κ2) is 13.0. The summed E-state index contributed by atoms with van der Waals surface area (Å²) in [6.45, 7) is 11.1. The van der Waals surface area contributed by atoms with Gasteiger partial charge in [-0.15, -0.1) is 23.5 Å². The molecule has 0 spiro atoms. The van der Waals surface area contributed by atoms with Gasteiger partial charge in [0, 0.05) is 36.3 Å². The first-order chi connectivity index (χ1) is 17.9. The van der Waals surface area contributed by atoms with E-state index >= 15 is 0 Å². The third kappa shape index (κ3) is 6.81. The molecule has 3 rings (SSSR count). The third-order valence-electron chi connectivity index (χ3n) is 6.19. The Hall–Kier alpha value is -1.89. The minimum Gasteiger partial charge on any atom is -0.302 e. The molecule has 3 aromatic carbocycles. The van der Waals surface area contributed by atoms with Gasteiger partial charge in [0.15, 0.2) is 0 Å². The molecule has 0 aliphatic rings. The van der Waals surface area contributed by atoms with E-state index in [4.69, 9.17) is 24.4 Å². The molecule has 3 nitrogen and oxygen atoms in total. The highest BCUT2D eigenvalue weighted by atomic mass is 32.2. The SMILES string of the molecule is CC(=S)SCc1cc(C)c(C(=O)P(=O)(C(=O)c2c(C)cc(CSC(C)=S)cc2C)c2ccccc2)c(C)c1. The van der Waals surface area contributed by atoms with E-state index in [1.165, 1.54) is 0 Å². The number of thiocarbonyl (C=S) groups is 2. The van der Waals surface area contributed by atoms with Crippen LogP contribution in [0.4, 0.5) is 0 Å². The maximum absolute atomic E-state index is 14.9. The summed E-state index contributed by atoms with van der Waals surface area (Å²) >= 11 is 13.5. The van der Waals surface area contributed by atoms with E-state index in [0.29, 0.717) is 44.9 Å². The van der Waals surface area contributed by atoms with Crippen molar-refractivity contribution in [3.8, 4) is 0 Å². The fraction of sp³-hybridized carbons (Fsp3) is 0.267. The quantitative estimate of drug-likeness (QED) is 0.180. The molecule has 0 bridgehead atoms. The smallest absolute Gasteiger partial charge is 0.248 e. The van der Waals surface area contributed by atoms with Gasteiger partial charge < -0.3 is 4.57 Å². The van der Waals surface area contributed by atoms with Gasteiger partial charge in [0.05, 0.1) is 0 Å². The summed E-state index contributed by atoms with van der Waals surface area (Å²) < 4.78 is 16.6. The number of hydrogen-bond acceptors (Lipinski definition) is 7. The molecule has 0 saturated heterocycles. The molecule has 0 aliphatic carbocycles. The van der Waals surface area contributed by atoms with Gasteiger partial charge in [-0.2, -0.15) is 0 Å². The van der Waals surface area contributed by atoms with Crippen LogP contribution < -0.4 is 5.30 Å². The lowest BCUT2D eigenvalue weighted by atomic mass is 10.0. The zero-order valence-corrected chi connectivity index (χ0v) is 26.6. The molecule has 0 amide bonds. The number of benzene rings is 3. The van der Waals surface area contributed by atoms with E-state index in [0.717, 1.165) is 19.5 Å². The van der Waals surface area contributed by atoms with Crippen LogP contribution >= 0.6 is 55.1 Å². The summed E-state index contributed by atoms with van der Waals surface area (Å²) in [5.74, 6) is 1.37. The summed E-state index contributed by atoms with van der Waals surface area (Å²) in [6.07, 6.45) is 0. The Balaban J connectivity index is 2.15. The highest BCUT2D eigenvalue weighted by Crippen LogP contribution is 2.52. The van der Waals surface area contributed by atoms with Crippen LogP contribution in [0.15, 0.2) is 54.6 Å². The molecule has 0 N–H and O–H groups in total. The average molecular weight is 599 g/mol. The lowest BCUT2D eigenvalue weighted by Gasteiger charge is -2.21. The van der Waals surface area contributed by atoms with Gasteiger partial charge in [-0.05, 0) is 74.9 Å². The van der Waals surface area contributed by atoms with Crippen molar-refractivity contribution in [2.75, 3.05) is 0 Å². The normalized spacial score (nSPS) is 11.3. The molecule has 0 aliphatic heterocycles. The first kappa shape index (κ1) is 30.6. The second-order valence-corrected chi connectivity index (χ2v) is 16.0. The molecule has 198 valence electrons. The number of carbonyl (C=O) groups is 2. The minimum absolute atomic E-state index is 0.250. The van der Waals surface area contributed by atoms with Gasteiger partial charge in [-0.1, -0.05) is 79.0 Å². The lowest BCUT2D eigenvalue weighted by molar-refractivity contribution is 0.104. The van der Waals surface area contributed by atoms with Crippen molar-refractivity contribution in [2.24, 2.45) is 0 Å². The largest absolute Gasteiger partial charge is 0.302 e. The Labute approximate surface area is 245 Å². The summed E-state index contributed by atoms with van der Waals surface area (Å²) in [7, 11) is -4.23. The zero-order chi connectivity index (χ0) is 28.2. The molecule has 3 aromatic rings. The topological polar surface area (TPSA) is 51.2 Å². The highest BCUT2D eigenvalue weighted by Gasteiger charge is 2.44. The molecule has 38 heavy (non-hydrogen) atoms. The summed E-state index contributed by atoms with van der Waals surface area (Å²) in [4.78, 5) is 28.5. The van der Waals surface area contributed by atoms with Crippen molar-refractivity contribution in [2.45, 2.75) is 53.0 Å². The molecule has 0 atom stereocenters. The third-order valence-corrected chi connectivity index (χ3v) is 11.3. The van der Waals surface area contributed by atoms with Crippen LogP contribution in [0.2, 0.25) is 0 Å². The Morgan fingerprint density at radius 2 is 1.03 bits per heavy atom. The number of aryl methyl sites for hydroxylation is 4. The standard InChI is InChI=1S/C30H31O3PS4/c1-18-12-24(16-37-22(5)35)13-19(2)27(18)29(31)34(33,26-10-8-7-9-11-26)30(32)28-20(3)14-25(15-21(28)4)17-38-23(6)36/h7-15H,16-17H2,1-6H3. The van der Waals surface area contributed by atoms with Gasteiger partial charge in [0.1, 0.15) is 0 Å². The van der Waals surface area contributed by atoms with Gasteiger partial charge in [0.2, 0.25) is 18.2 Å². The Morgan fingerprint density at radius 1 is 0.684 bits per heavy atom. The van der Waals surface area contributed by atoms with Gasteiger partial charge in [-0.3, -0.25) is 9.59 Å². The van der Waals surface area contributed by atoms with Crippen LogP contribution in [0, 0.1) is 27.7 Å². The molecule has 0 fully saturated rings. The molecule has 0 unspecified atom stereocenters. The van der Waals surface area contributed by atoms with Crippen LogP contribution in [0.25, 0.3) is 0 Å². The average Bonchev–Trinajstić information content (AvgIpc) is 2.85. The van der Waals surface area contributed by atoms with Gasteiger partial charge >= 0.3 is 0 Å². The molecule has 0 heterocycles. The molecular weight excluding hydrogens is 568 g/mol. The Kier molecular flexibility index (Phi) is 10.5. The predicted octanol–water partition coefficient (Wildman–Crippen LogP) is 8.75. The van der Waals surface area contributed by atoms with E-state index in [1.54, 1.807) is 53.9 Å². The van der Waals surface area contributed by atoms with Crippen LogP contribution in [0.5, 0.6) is 0 Å². The van der Waals surface area contributed by atoms with E-state index in [2.05, 4.69) is 0 Å². The lowest BCUT2D eigenvalue weighted by Crippen LogP contribution is -2.23. The Morgan fingerprint density at radius 3 is 1.34 bits per heavy atom. The number of hydrogen-bond donors (Lipinski definition) is 0. The maximum Gasteiger partial charge on any atom is 0.248 e. The van der Waals surface area contributed by atoms with Crippen molar-refractivity contribution in [1.29, 1.82) is 0 Å². The Bertz CT molecular complexity index is 1340. The number of thioether (sulfide) groups is 2. The van der Waals surface area contributed by atoms with Gasteiger partial charge in [-0.25, -0.2) is 0 Å². The van der Waals surface area contributed by atoms with E-state index in [-0.39, 0.29) is 5.30 Å². The summed E-state index contributed by atoms with van der Waals surface area (Å²) in [5, 5.41) is 0.250. The molecule has 0 radical (unpaired) electrons. The van der Waals surface area contributed by atoms with E-state index < -0.39 is 18.2 Å². The molecule has 0 aromatic heterocycles. The maximum atomic E-state index is 14.9. The fourth-order valence-corrected chi connectivity index (χ4v) is 8.60. The van der Waals surface area contributed by atoms with Crippen molar-refractivity contribution in [1.82, 2.24) is 0 Å². The van der Waals surface area contributed by atoms with Gasteiger partial charge in [0.25, 0.3) is 0 Å². The number of rotatable bonds is 9. The van der Waals surface area contributed by atoms with Crippen molar-refractivity contribution in [3.63, 3.8) is 0 Å². The predicted molar refractivity (Wildman–Crippen MR) is 173 cm³/mol. The van der Waals surface area contributed by atoms with Crippen LogP contribution in [-0.4, -0.2) is 19.4 Å². The van der Waals surface area contributed by atoms with Crippen LogP contribution in [0.3, 0.4) is 0 Å². The first-order valence-corrected chi connectivity index (χ1v) is 16.6. The van der Waals surface area contributed by atoms with Crippen molar-refractivity contribution >= 4 is 79.8 Å². The molecule has 0 saturated carbocycles. The van der Waals surface area contributed by atoms with E-state index in [1.807, 2.05) is 65.8 Å².